The summed E-state index contributed by atoms with van der Waals surface area (Å²) in [6.45, 7) is 0.852. The second-order valence-electron chi connectivity index (χ2n) is 7.33. The molecule has 1 aromatic carbocycles. The normalized spacial score (nSPS) is 20.7. The SMILES string of the molecule is O=C(c1ccccc1C(F)(F)F)N1CCCC(Cc2nc(C3CC3)no2)C1. The Labute approximate surface area is 154 Å². The Balaban J connectivity index is 1.45. The lowest BCUT2D eigenvalue weighted by molar-refractivity contribution is -0.138. The zero-order chi connectivity index (χ0) is 19.0. The van der Waals surface area contributed by atoms with Crippen molar-refractivity contribution in [1.29, 1.82) is 0 Å². The van der Waals surface area contributed by atoms with Crippen LogP contribution in [-0.4, -0.2) is 34.0 Å². The van der Waals surface area contributed by atoms with Crippen LogP contribution < -0.4 is 0 Å². The van der Waals surface area contributed by atoms with Gasteiger partial charge in [0.05, 0.1) is 11.1 Å². The van der Waals surface area contributed by atoms with Gasteiger partial charge < -0.3 is 9.42 Å². The summed E-state index contributed by atoms with van der Waals surface area (Å²) in [7, 11) is 0. The first kappa shape index (κ1) is 18.0. The molecule has 1 aliphatic carbocycles. The number of amides is 1. The average molecular weight is 379 g/mol. The summed E-state index contributed by atoms with van der Waals surface area (Å²) in [6, 6.07) is 4.95. The Kier molecular flexibility index (Phi) is 4.65. The zero-order valence-corrected chi connectivity index (χ0v) is 14.7. The first-order chi connectivity index (χ1) is 12.9. The lowest BCUT2D eigenvalue weighted by Gasteiger charge is -2.32. The average Bonchev–Trinajstić information content (AvgIpc) is 3.40. The molecular formula is C19H20F3N3O2. The number of likely N-dealkylation sites (tertiary alicyclic amines) is 1. The minimum atomic E-state index is -4.55. The molecule has 8 heteroatoms. The Morgan fingerprint density at radius 1 is 1.22 bits per heavy atom. The Bertz CT molecular complexity index is 830. The number of hydrogen-bond donors (Lipinski definition) is 0. The first-order valence-electron chi connectivity index (χ1n) is 9.20. The fourth-order valence-electron chi connectivity index (χ4n) is 3.61. The predicted octanol–water partition coefficient (Wildman–Crippen LogP) is 4.06. The van der Waals surface area contributed by atoms with Crippen LogP contribution in [0.3, 0.4) is 0 Å². The molecule has 4 rings (SSSR count). The van der Waals surface area contributed by atoms with Crippen LogP contribution in [0.25, 0.3) is 0 Å². The maximum atomic E-state index is 13.2. The fraction of sp³-hybridized carbons (Fsp3) is 0.526. The molecule has 27 heavy (non-hydrogen) atoms. The van der Waals surface area contributed by atoms with E-state index in [0.717, 1.165) is 37.6 Å². The number of benzene rings is 1. The van der Waals surface area contributed by atoms with E-state index in [9.17, 15) is 18.0 Å². The molecule has 1 unspecified atom stereocenters. The first-order valence-corrected chi connectivity index (χ1v) is 9.20. The number of alkyl halides is 3. The maximum absolute atomic E-state index is 13.2. The number of nitrogens with zero attached hydrogens (tertiary/aromatic N) is 3. The third kappa shape index (κ3) is 3.99. The second kappa shape index (κ2) is 6.98. The molecule has 1 aliphatic heterocycles. The Morgan fingerprint density at radius 2 is 2.00 bits per heavy atom. The van der Waals surface area contributed by atoms with Gasteiger partial charge in [-0.05, 0) is 43.7 Å². The molecule has 2 fully saturated rings. The minimum absolute atomic E-state index is 0.105. The molecular weight excluding hydrogens is 359 g/mol. The lowest BCUT2D eigenvalue weighted by atomic mass is 9.93. The van der Waals surface area contributed by atoms with Gasteiger partial charge in [0.1, 0.15) is 0 Å². The highest BCUT2D eigenvalue weighted by Crippen LogP contribution is 2.38. The van der Waals surface area contributed by atoms with E-state index in [0.29, 0.717) is 31.3 Å². The zero-order valence-electron chi connectivity index (χ0n) is 14.7. The van der Waals surface area contributed by atoms with Crippen LogP contribution in [0.1, 0.15) is 59.2 Å². The van der Waals surface area contributed by atoms with Crippen molar-refractivity contribution in [1.82, 2.24) is 15.0 Å². The number of carbonyl (C=O) groups excluding carboxylic acids is 1. The Morgan fingerprint density at radius 3 is 2.74 bits per heavy atom. The van der Waals surface area contributed by atoms with E-state index in [1.165, 1.54) is 23.1 Å². The standard InChI is InChI=1S/C19H20F3N3O2/c20-19(21,22)15-6-2-1-5-14(15)18(26)25-9-3-4-12(11-25)10-16-23-17(24-27-16)13-7-8-13/h1-2,5-6,12-13H,3-4,7-11H2. The molecule has 1 aromatic heterocycles. The summed E-state index contributed by atoms with van der Waals surface area (Å²) >= 11 is 0. The molecule has 2 aliphatic rings. The van der Waals surface area contributed by atoms with Crippen molar-refractivity contribution < 1.29 is 22.5 Å². The predicted molar refractivity (Wildman–Crippen MR) is 90.0 cm³/mol. The number of hydrogen-bond acceptors (Lipinski definition) is 4. The van der Waals surface area contributed by atoms with Crippen LogP contribution in [0.5, 0.6) is 0 Å². The van der Waals surface area contributed by atoms with Gasteiger partial charge in [-0.15, -0.1) is 0 Å². The molecule has 2 heterocycles. The van der Waals surface area contributed by atoms with Gasteiger partial charge in [0.2, 0.25) is 5.89 Å². The lowest BCUT2D eigenvalue weighted by Crippen LogP contribution is -2.41. The van der Waals surface area contributed by atoms with E-state index in [1.54, 1.807) is 0 Å². The number of carbonyl (C=O) groups is 1. The fourth-order valence-corrected chi connectivity index (χ4v) is 3.61. The van der Waals surface area contributed by atoms with Gasteiger partial charge in [-0.2, -0.15) is 18.2 Å². The van der Waals surface area contributed by atoms with E-state index < -0.39 is 17.6 Å². The van der Waals surface area contributed by atoms with E-state index >= 15 is 0 Å². The smallest absolute Gasteiger partial charge is 0.339 e. The summed E-state index contributed by atoms with van der Waals surface area (Å²) in [5.74, 6) is 1.23. The third-order valence-electron chi connectivity index (χ3n) is 5.16. The van der Waals surface area contributed by atoms with Crippen molar-refractivity contribution in [3.8, 4) is 0 Å². The maximum Gasteiger partial charge on any atom is 0.417 e. The van der Waals surface area contributed by atoms with Crippen molar-refractivity contribution in [2.45, 2.75) is 44.2 Å². The van der Waals surface area contributed by atoms with Gasteiger partial charge in [0.25, 0.3) is 5.91 Å². The molecule has 1 saturated heterocycles. The van der Waals surface area contributed by atoms with Crippen molar-refractivity contribution in [2.24, 2.45) is 5.92 Å². The van der Waals surface area contributed by atoms with Gasteiger partial charge in [-0.3, -0.25) is 4.79 Å². The summed E-state index contributed by atoms with van der Waals surface area (Å²) in [4.78, 5) is 18.7. The largest absolute Gasteiger partial charge is 0.417 e. The van der Waals surface area contributed by atoms with Crippen LogP contribution in [0.2, 0.25) is 0 Å². The Hall–Kier alpha value is -2.38. The van der Waals surface area contributed by atoms with Crippen LogP contribution in [0.15, 0.2) is 28.8 Å². The second-order valence-corrected chi connectivity index (χ2v) is 7.33. The van der Waals surface area contributed by atoms with Crippen molar-refractivity contribution in [3.05, 3.63) is 47.1 Å². The van der Waals surface area contributed by atoms with Crippen molar-refractivity contribution in [3.63, 3.8) is 0 Å². The van der Waals surface area contributed by atoms with E-state index in [2.05, 4.69) is 10.1 Å². The number of piperidine rings is 1. The molecule has 0 spiro atoms. The van der Waals surface area contributed by atoms with Crippen LogP contribution >= 0.6 is 0 Å². The van der Waals surface area contributed by atoms with Gasteiger partial charge >= 0.3 is 6.18 Å². The molecule has 0 N–H and O–H groups in total. The van der Waals surface area contributed by atoms with Crippen LogP contribution in [0, 0.1) is 5.92 Å². The molecule has 144 valence electrons. The number of aromatic nitrogens is 2. The molecule has 0 radical (unpaired) electrons. The third-order valence-corrected chi connectivity index (χ3v) is 5.16. The molecule has 0 bridgehead atoms. The quantitative estimate of drug-likeness (QED) is 0.804. The minimum Gasteiger partial charge on any atom is -0.339 e. The molecule has 1 saturated carbocycles. The van der Waals surface area contributed by atoms with Gasteiger partial charge in [-0.1, -0.05) is 17.3 Å². The molecule has 1 amide bonds. The van der Waals surface area contributed by atoms with Crippen LogP contribution in [0.4, 0.5) is 13.2 Å². The highest BCUT2D eigenvalue weighted by molar-refractivity contribution is 5.96. The summed E-state index contributed by atoms with van der Waals surface area (Å²) in [5.41, 5.74) is -1.18. The summed E-state index contributed by atoms with van der Waals surface area (Å²) in [6.07, 6.45) is -0.207. The number of rotatable bonds is 4. The van der Waals surface area contributed by atoms with Crippen LogP contribution in [-0.2, 0) is 12.6 Å². The monoisotopic (exact) mass is 379 g/mol. The van der Waals surface area contributed by atoms with Crippen molar-refractivity contribution in [2.75, 3.05) is 13.1 Å². The molecule has 2 aromatic rings. The highest BCUT2D eigenvalue weighted by atomic mass is 19.4. The van der Waals surface area contributed by atoms with Gasteiger partial charge in [0.15, 0.2) is 5.82 Å². The molecule has 5 nitrogen and oxygen atoms in total. The van der Waals surface area contributed by atoms with Gasteiger partial charge in [-0.25, -0.2) is 0 Å². The highest BCUT2D eigenvalue weighted by Gasteiger charge is 2.37. The molecule has 1 atom stereocenters. The summed E-state index contributed by atoms with van der Waals surface area (Å²) < 4.78 is 44.9. The van der Waals surface area contributed by atoms with Gasteiger partial charge in [0, 0.05) is 25.4 Å². The van der Waals surface area contributed by atoms with E-state index in [4.69, 9.17) is 4.52 Å². The van der Waals surface area contributed by atoms with E-state index in [1.807, 2.05) is 0 Å². The van der Waals surface area contributed by atoms with Crippen molar-refractivity contribution >= 4 is 5.91 Å². The topological polar surface area (TPSA) is 59.2 Å². The summed E-state index contributed by atoms with van der Waals surface area (Å²) in [5, 5.41) is 3.99. The number of halogens is 3. The van der Waals surface area contributed by atoms with E-state index in [-0.39, 0.29) is 11.5 Å².